The van der Waals surface area contributed by atoms with Gasteiger partial charge in [0.2, 0.25) is 0 Å². The first-order chi connectivity index (χ1) is 10.0. The van der Waals surface area contributed by atoms with E-state index in [-0.39, 0.29) is 11.4 Å². The van der Waals surface area contributed by atoms with Crippen molar-refractivity contribution in [1.29, 1.82) is 0 Å². The standard InChI is InChI=1S/C12H9ClN4O3S/c13-7-1-3-8(4-2-7)21-10-6-5-9(17(19)20)11(15-10)12(14)16-18/h1-6,18H,(H2,14,16). The number of halogens is 1. The van der Waals surface area contributed by atoms with Crippen LogP contribution in [0.5, 0.6) is 0 Å². The van der Waals surface area contributed by atoms with E-state index in [0.717, 1.165) is 4.90 Å². The van der Waals surface area contributed by atoms with Crippen molar-refractivity contribution in [2.75, 3.05) is 0 Å². The van der Waals surface area contributed by atoms with Gasteiger partial charge < -0.3 is 10.9 Å². The Balaban J connectivity index is 2.37. The van der Waals surface area contributed by atoms with Crippen LogP contribution in [0.4, 0.5) is 5.69 Å². The minimum atomic E-state index is -0.642. The average molecular weight is 325 g/mol. The predicted molar refractivity (Wildman–Crippen MR) is 79.0 cm³/mol. The molecule has 0 saturated heterocycles. The molecule has 0 amide bonds. The molecule has 0 bridgehead atoms. The molecule has 1 heterocycles. The molecule has 0 aliphatic rings. The molecule has 21 heavy (non-hydrogen) atoms. The zero-order valence-electron chi connectivity index (χ0n) is 10.4. The maximum atomic E-state index is 10.9. The highest BCUT2D eigenvalue weighted by Gasteiger charge is 2.20. The molecule has 108 valence electrons. The van der Waals surface area contributed by atoms with Gasteiger partial charge in [0, 0.05) is 16.0 Å². The minimum Gasteiger partial charge on any atom is -0.409 e. The third-order valence-corrected chi connectivity index (χ3v) is 3.63. The number of nitrogens with zero attached hydrogens (tertiary/aromatic N) is 3. The van der Waals surface area contributed by atoms with Crippen molar-refractivity contribution in [1.82, 2.24) is 4.98 Å². The van der Waals surface area contributed by atoms with Gasteiger partial charge >= 0.3 is 0 Å². The largest absolute Gasteiger partial charge is 0.409 e. The number of aromatic nitrogens is 1. The summed E-state index contributed by atoms with van der Waals surface area (Å²) in [5.74, 6) is -0.416. The normalized spacial score (nSPS) is 11.4. The van der Waals surface area contributed by atoms with E-state index < -0.39 is 10.8 Å². The number of nitrogens with two attached hydrogens (primary N) is 1. The number of amidine groups is 1. The van der Waals surface area contributed by atoms with Crippen molar-refractivity contribution >= 4 is 34.9 Å². The van der Waals surface area contributed by atoms with Crippen LogP contribution in [0.25, 0.3) is 0 Å². The Morgan fingerprint density at radius 1 is 1.33 bits per heavy atom. The molecule has 0 atom stereocenters. The summed E-state index contributed by atoms with van der Waals surface area (Å²) in [5.41, 5.74) is 4.91. The highest BCUT2D eigenvalue weighted by molar-refractivity contribution is 7.99. The van der Waals surface area contributed by atoms with Crippen LogP contribution >= 0.6 is 23.4 Å². The SMILES string of the molecule is N/C(=N/O)c1nc(Sc2ccc(Cl)cc2)ccc1[N+](=O)[O-]. The van der Waals surface area contributed by atoms with E-state index in [9.17, 15) is 10.1 Å². The molecule has 0 unspecified atom stereocenters. The molecule has 3 N–H and O–H groups in total. The summed E-state index contributed by atoms with van der Waals surface area (Å²) in [6, 6.07) is 9.78. The molecule has 0 radical (unpaired) electrons. The zero-order chi connectivity index (χ0) is 15.4. The summed E-state index contributed by atoms with van der Waals surface area (Å²) in [7, 11) is 0. The van der Waals surface area contributed by atoms with Crippen molar-refractivity contribution in [2.24, 2.45) is 10.9 Å². The van der Waals surface area contributed by atoms with Crippen molar-refractivity contribution in [3.8, 4) is 0 Å². The van der Waals surface area contributed by atoms with Crippen LogP contribution in [-0.2, 0) is 0 Å². The lowest BCUT2D eigenvalue weighted by Crippen LogP contribution is -2.17. The summed E-state index contributed by atoms with van der Waals surface area (Å²) in [5, 5.41) is 23.4. The number of pyridine rings is 1. The molecule has 0 saturated carbocycles. The third-order valence-electron chi connectivity index (χ3n) is 2.43. The second kappa shape index (κ2) is 6.42. The first kappa shape index (κ1) is 15.1. The van der Waals surface area contributed by atoms with Gasteiger partial charge in [-0.3, -0.25) is 10.1 Å². The van der Waals surface area contributed by atoms with Crippen molar-refractivity contribution in [2.45, 2.75) is 9.92 Å². The fraction of sp³-hybridized carbons (Fsp3) is 0. The number of nitro groups is 1. The fourth-order valence-electron chi connectivity index (χ4n) is 1.50. The lowest BCUT2D eigenvalue weighted by Gasteiger charge is -2.04. The Labute approximate surface area is 128 Å². The van der Waals surface area contributed by atoms with E-state index >= 15 is 0 Å². The smallest absolute Gasteiger partial charge is 0.298 e. The predicted octanol–water partition coefficient (Wildman–Crippen LogP) is 2.89. The summed E-state index contributed by atoms with van der Waals surface area (Å²) >= 11 is 7.07. The van der Waals surface area contributed by atoms with E-state index in [2.05, 4.69) is 10.1 Å². The molecule has 9 heteroatoms. The van der Waals surface area contributed by atoms with E-state index in [4.69, 9.17) is 22.5 Å². The average Bonchev–Trinajstić information content (AvgIpc) is 2.48. The van der Waals surface area contributed by atoms with Gasteiger partial charge in [-0.25, -0.2) is 4.98 Å². The molecule has 2 rings (SSSR count). The lowest BCUT2D eigenvalue weighted by molar-refractivity contribution is -0.385. The maximum absolute atomic E-state index is 10.9. The Kier molecular flexibility index (Phi) is 4.61. The topological polar surface area (TPSA) is 115 Å². The third kappa shape index (κ3) is 3.61. The quantitative estimate of drug-likeness (QED) is 0.294. The minimum absolute atomic E-state index is 0.179. The van der Waals surface area contributed by atoms with E-state index in [0.29, 0.717) is 10.0 Å². The highest BCUT2D eigenvalue weighted by atomic mass is 35.5. The monoisotopic (exact) mass is 324 g/mol. The Hall–Kier alpha value is -2.32. The summed E-state index contributed by atoms with van der Waals surface area (Å²) in [6.45, 7) is 0. The fourth-order valence-corrected chi connectivity index (χ4v) is 2.41. The summed E-state index contributed by atoms with van der Waals surface area (Å²) in [6.07, 6.45) is 0. The molecule has 2 aromatic rings. The van der Waals surface area contributed by atoms with Gasteiger partial charge in [0.05, 0.1) is 4.92 Å². The van der Waals surface area contributed by atoms with Gasteiger partial charge in [0.25, 0.3) is 5.69 Å². The molecule has 0 fully saturated rings. The first-order valence-electron chi connectivity index (χ1n) is 5.58. The highest BCUT2D eigenvalue weighted by Crippen LogP contribution is 2.29. The summed E-state index contributed by atoms with van der Waals surface area (Å²) < 4.78 is 0. The second-order valence-corrected chi connectivity index (χ2v) is 5.35. The van der Waals surface area contributed by atoms with Crippen LogP contribution in [0, 0.1) is 10.1 Å². The van der Waals surface area contributed by atoms with Gasteiger partial charge in [-0.05, 0) is 30.3 Å². The number of benzene rings is 1. The molecular weight excluding hydrogens is 316 g/mol. The molecule has 7 nitrogen and oxygen atoms in total. The van der Waals surface area contributed by atoms with Crippen LogP contribution in [0.3, 0.4) is 0 Å². The van der Waals surface area contributed by atoms with Crippen molar-refractivity contribution in [3.63, 3.8) is 0 Å². The van der Waals surface area contributed by atoms with Crippen LogP contribution in [0.15, 0.2) is 51.5 Å². The van der Waals surface area contributed by atoms with Crippen LogP contribution in [0.2, 0.25) is 5.02 Å². The Morgan fingerprint density at radius 3 is 2.57 bits per heavy atom. The molecule has 1 aromatic heterocycles. The van der Waals surface area contributed by atoms with Crippen LogP contribution in [0.1, 0.15) is 5.69 Å². The van der Waals surface area contributed by atoms with Gasteiger partial charge in [0.15, 0.2) is 11.5 Å². The zero-order valence-corrected chi connectivity index (χ0v) is 12.0. The Morgan fingerprint density at radius 2 is 2.00 bits per heavy atom. The summed E-state index contributed by atoms with van der Waals surface area (Å²) in [4.78, 5) is 15.2. The molecule has 0 spiro atoms. The van der Waals surface area contributed by atoms with E-state index in [1.54, 1.807) is 24.3 Å². The first-order valence-corrected chi connectivity index (χ1v) is 6.77. The molecule has 0 aliphatic heterocycles. The second-order valence-electron chi connectivity index (χ2n) is 3.82. The van der Waals surface area contributed by atoms with Crippen molar-refractivity contribution < 1.29 is 10.1 Å². The number of hydrogen-bond acceptors (Lipinski definition) is 6. The lowest BCUT2D eigenvalue weighted by atomic mass is 10.3. The van der Waals surface area contributed by atoms with Gasteiger partial charge in [0.1, 0.15) is 5.03 Å². The molecule has 0 aliphatic carbocycles. The van der Waals surface area contributed by atoms with Crippen LogP contribution < -0.4 is 5.73 Å². The number of oxime groups is 1. The molecular formula is C12H9ClN4O3S. The Bertz CT molecular complexity index is 706. The maximum Gasteiger partial charge on any atom is 0.298 e. The van der Waals surface area contributed by atoms with Crippen molar-refractivity contribution in [3.05, 3.63) is 57.2 Å². The number of hydrogen-bond donors (Lipinski definition) is 2. The van der Waals surface area contributed by atoms with Crippen LogP contribution in [-0.4, -0.2) is 21.0 Å². The van der Waals surface area contributed by atoms with Gasteiger partial charge in [-0.1, -0.05) is 28.5 Å². The van der Waals surface area contributed by atoms with Gasteiger partial charge in [-0.2, -0.15) is 0 Å². The van der Waals surface area contributed by atoms with E-state index in [1.165, 1.54) is 23.9 Å². The number of rotatable bonds is 4. The van der Waals surface area contributed by atoms with Gasteiger partial charge in [-0.15, -0.1) is 0 Å². The van der Waals surface area contributed by atoms with E-state index in [1.807, 2.05) is 0 Å². The molecule has 1 aromatic carbocycles.